The van der Waals surface area contributed by atoms with Crippen LogP contribution < -0.4 is 20.1 Å². The first kappa shape index (κ1) is 20.5. The minimum atomic E-state index is -3.78. The highest BCUT2D eigenvalue weighted by molar-refractivity contribution is 7.92. The van der Waals surface area contributed by atoms with Crippen LogP contribution in [-0.4, -0.2) is 21.6 Å². The van der Waals surface area contributed by atoms with E-state index in [4.69, 9.17) is 16.3 Å². The number of ether oxygens (including phenoxy) is 1. The molecule has 150 valence electrons. The maximum Gasteiger partial charge on any atom is 0.323 e. The van der Waals surface area contributed by atoms with Gasteiger partial charge in [-0.3, -0.25) is 4.72 Å². The van der Waals surface area contributed by atoms with Crippen LogP contribution in [-0.2, 0) is 10.0 Å². The van der Waals surface area contributed by atoms with Crippen LogP contribution in [0.15, 0.2) is 77.7 Å². The Labute approximate surface area is 173 Å². The standard InChI is InChI=1S/C20H18ClN3O4S/c1-28-18-7-3-5-16(13-18)23-20(25)22-15-8-10-19(11-9-15)29(26,27)24-17-6-2-4-14(21)12-17/h2-13,24H,1H3,(H2,22,23,25). The summed E-state index contributed by atoms with van der Waals surface area (Å²) in [5.74, 6) is 0.615. The third kappa shape index (κ3) is 5.63. The average Bonchev–Trinajstić information content (AvgIpc) is 2.68. The zero-order valence-corrected chi connectivity index (χ0v) is 16.9. The molecule has 3 N–H and O–H groups in total. The van der Waals surface area contributed by atoms with Crippen molar-refractivity contribution in [3.8, 4) is 5.75 Å². The first-order valence-electron chi connectivity index (χ1n) is 8.46. The number of sulfonamides is 1. The molecule has 2 amide bonds. The Hall–Kier alpha value is -3.23. The molecule has 3 aromatic carbocycles. The zero-order chi connectivity index (χ0) is 20.9. The lowest BCUT2D eigenvalue weighted by molar-refractivity contribution is 0.262. The van der Waals surface area contributed by atoms with E-state index < -0.39 is 16.1 Å². The van der Waals surface area contributed by atoms with Crippen LogP contribution >= 0.6 is 11.6 Å². The van der Waals surface area contributed by atoms with Gasteiger partial charge in [-0.2, -0.15) is 0 Å². The molecule has 0 atom stereocenters. The van der Waals surface area contributed by atoms with Gasteiger partial charge >= 0.3 is 6.03 Å². The van der Waals surface area contributed by atoms with Gasteiger partial charge in [0.15, 0.2) is 0 Å². The van der Waals surface area contributed by atoms with E-state index in [2.05, 4.69) is 15.4 Å². The molecule has 0 aliphatic heterocycles. The van der Waals surface area contributed by atoms with Gasteiger partial charge in [-0.1, -0.05) is 23.7 Å². The van der Waals surface area contributed by atoms with Crippen LogP contribution in [0.2, 0.25) is 5.02 Å². The van der Waals surface area contributed by atoms with Crippen molar-refractivity contribution in [2.45, 2.75) is 4.90 Å². The molecular weight excluding hydrogens is 414 g/mol. The minimum Gasteiger partial charge on any atom is -0.497 e. The first-order valence-corrected chi connectivity index (χ1v) is 10.3. The fraction of sp³-hybridized carbons (Fsp3) is 0.0500. The molecule has 3 rings (SSSR count). The van der Waals surface area contributed by atoms with Gasteiger partial charge in [0.1, 0.15) is 5.75 Å². The Kier molecular flexibility index (Phi) is 6.26. The van der Waals surface area contributed by atoms with Gasteiger partial charge in [0.2, 0.25) is 0 Å². The molecule has 0 radical (unpaired) electrons. The van der Waals surface area contributed by atoms with Crippen molar-refractivity contribution in [1.82, 2.24) is 0 Å². The van der Waals surface area contributed by atoms with Crippen LogP contribution in [0.1, 0.15) is 0 Å². The number of anilines is 3. The van der Waals surface area contributed by atoms with Crippen LogP contribution in [0.5, 0.6) is 5.75 Å². The van der Waals surface area contributed by atoms with Gasteiger partial charge in [-0.15, -0.1) is 0 Å². The largest absolute Gasteiger partial charge is 0.497 e. The predicted octanol–water partition coefficient (Wildman–Crippen LogP) is 4.79. The molecule has 3 aromatic rings. The van der Waals surface area contributed by atoms with Crippen molar-refractivity contribution in [2.75, 3.05) is 22.5 Å². The lowest BCUT2D eigenvalue weighted by Gasteiger charge is -2.11. The van der Waals surface area contributed by atoms with Gasteiger partial charge in [0.25, 0.3) is 10.0 Å². The van der Waals surface area contributed by atoms with E-state index in [0.29, 0.717) is 27.8 Å². The minimum absolute atomic E-state index is 0.0521. The summed E-state index contributed by atoms with van der Waals surface area (Å²) in [7, 11) is -2.24. The second-order valence-corrected chi connectivity index (χ2v) is 8.07. The summed E-state index contributed by atoms with van der Waals surface area (Å²) in [4.78, 5) is 12.2. The number of carbonyl (C=O) groups excluding carboxylic acids is 1. The highest BCUT2D eigenvalue weighted by atomic mass is 35.5. The zero-order valence-electron chi connectivity index (χ0n) is 15.3. The Bertz CT molecular complexity index is 1120. The Morgan fingerprint density at radius 1 is 0.862 bits per heavy atom. The van der Waals surface area contributed by atoms with Gasteiger partial charge < -0.3 is 15.4 Å². The summed E-state index contributed by atoms with van der Waals surface area (Å²) in [6.07, 6.45) is 0. The maximum atomic E-state index is 12.5. The van der Waals surface area contributed by atoms with Crippen LogP contribution in [0.3, 0.4) is 0 Å². The van der Waals surface area contributed by atoms with Crippen LogP contribution in [0.25, 0.3) is 0 Å². The first-order chi connectivity index (χ1) is 13.9. The quantitative estimate of drug-likeness (QED) is 0.522. The monoisotopic (exact) mass is 431 g/mol. The highest BCUT2D eigenvalue weighted by Gasteiger charge is 2.14. The van der Waals surface area contributed by atoms with Crippen LogP contribution in [0, 0.1) is 0 Å². The van der Waals surface area contributed by atoms with E-state index in [-0.39, 0.29) is 4.90 Å². The van der Waals surface area contributed by atoms with E-state index in [9.17, 15) is 13.2 Å². The number of hydrogen-bond donors (Lipinski definition) is 3. The number of benzene rings is 3. The molecule has 0 saturated carbocycles. The normalized spacial score (nSPS) is 10.8. The summed E-state index contributed by atoms with van der Waals surface area (Å²) in [5, 5.41) is 5.74. The second-order valence-electron chi connectivity index (χ2n) is 5.95. The summed E-state index contributed by atoms with van der Waals surface area (Å²) >= 11 is 5.88. The SMILES string of the molecule is COc1cccc(NC(=O)Nc2ccc(S(=O)(=O)Nc3cccc(Cl)c3)cc2)c1. The molecule has 0 fully saturated rings. The van der Waals surface area contributed by atoms with E-state index in [1.807, 2.05) is 0 Å². The summed E-state index contributed by atoms with van der Waals surface area (Å²) in [6, 6.07) is 18.6. The molecule has 0 aromatic heterocycles. The second kappa shape index (κ2) is 8.85. The Morgan fingerprint density at radius 2 is 1.52 bits per heavy atom. The van der Waals surface area contributed by atoms with Crippen molar-refractivity contribution in [3.63, 3.8) is 0 Å². The van der Waals surface area contributed by atoms with Gasteiger partial charge in [-0.05, 0) is 54.6 Å². The van der Waals surface area contributed by atoms with Gasteiger partial charge in [0.05, 0.1) is 17.7 Å². The third-order valence-electron chi connectivity index (χ3n) is 3.83. The summed E-state index contributed by atoms with van der Waals surface area (Å²) < 4.78 is 32.5. The average molecular weight is 432 g/mol. The molecule has 0 aliphatic rings. The fourth-order valence-corrected chi connectivity index (χ4v) is 3.72. The fourth-order valence-electron chi connectivity index (χ4n) is 2.48. The molecule has 0 bridgehead atoms. The molecule has 0 spiro atoms. The van der Waals surface area contributed by atoms with Crippen molar-refractivity contribution < 1.29 is 17.9 Å². The number of hydrogen-bond acceptors (Lipinski definition) is 4. The Balaban J connectivity index is 1.65. The molecule has 29 heavy (non-hydrogen) atoms. The lowest BCUT2D eigenvalue weighted by Crippen LogP contribution is -2.19. The number of carbonyl (C=O) groups is 1. The lowest BCUT2D eigenvalue weighted by atomic mass is 10.3. The smallest absolute Gasteiger partial charge is 0.323 e. The Morgan fingerprint density at radius 3 is 2.21 bits per heavy atom. The number of methoxy groups -OCH3 is 1. The summed E-state index contributed by atoms with van der Waals surface area (Å²) in [5.41, 5.74) is 1.36. The number of rotatable bonds is 6. The van der Waals surface area contributed by atoms with Crippen molar-refractivity contribution in [1.29, 1.82) is 0 Å². The number of urea groups is 1. The van der Waals surface area contributed by atoms with Crippen LogP contribution in [0.4, 0.5) is 21.9 Å². The topological polar surface area (TPSA) is 96.5 Å². The van der Waals surface area contributed by atoms with Crippen molar-refractivity contribution >= 4 is 44.7 Å². The molecule has 9 heteroatoms. The van der Waals surface area contributed by atoms with E-state index in [1.54, 1.807) is 42.5 Å². The van der Waals surface area contributed by atoms with Crippen molar-refractivity contribution in [2.24, 2.45) is 0 Å². The van der Waals surface area contributed by atoms with Crippen molar-refractivity contribution in [3.05, 3.63) is 77.8 Å². The van der Waals surface area contributed by atoms with Gasteiger partial charge in [-0.25, -0.2) is 13.2 Å². The molecule has 0 aliphatic carbocycles. The predicted molar refractivity (Wildman–Crippen MR) is 114 cm³/mol. The number of nitrogens with one attached hydrogen (secondary N) is 3. The summed E-state index contributed by atoms with van der Waals surface area (Å²) in [6.45, 7) is 0. The maximum absolute atomic E-state index is 12.5. The molecule has 0 unspecified atom stereocenters. The third-order valence-corrected chi connectivity index (χ3v) is 5.46. The molecule has 0 heterocycles. The highest BCUT2D eigenvalue weighted by Crippen LogP contribution is 2.21. The molecule has 7 nitrogen and oxygen atoms in total. The number of halogens is 1. The van der Waals surface area contributed by atoms with E-state index in [0.717, 1.165) is 0 Å². The van der Waals surface area contributed by atoms with E-state index >= 15 is 0 Å². The molecular formula is C20H18ClN3O4S. The van der Waals surface area contributed by atoms with E-state index in [1.165, 1.54) is 37.4 Å². The number of amides is 2. The van der Waals surface area contributed by atoms with Gasteiger partial charge in [0, 0.05) is 22.5 Å². The molecule has 0 saturated heterocycles.